The van der Waals surface area contributed by atoms with Crippen molar-refractivity contribution >= 4 is 35.0 Å². The minimum atomic E-state index is -0.992. The predicted octanol–water partition coefficient (Wildman–Crippen LogP) is 3.29. The molecule has 1 aromatic rings. The number of carbonyl (C=O) groups is 2. The van der Waals surface area contributed by atoms with Gasteiger partial charge in [-0.25, -0.2) is 0 Å². The summed E-state index contributed by atoms with van der Waals surface area (Å²) < 4.78 is 0. The summed E-state index contributed by atoms with van der Waals surface area (Å²) in [5.41, 5.74) is 0.377. The smallest absolute Gasteiger partial charge is 0.306 e. The van der Waals surface area contributed by atoms with Gasteiger partial charge in [0.25, 0.3) is 0 Å². The van der Waals surface area contributed by atoms with E-state index in [1.54, 1.807) is 0 Å². The number of hydrogen-bond acceptors (Lipinski definition) is 2. The fourth-order valence-corrected chi connectivity index (χ4v) is 1.45. The van der Waals surface area contributed by atoms with Crippen LogP contribution in [-0.4, -0.2) is 16.9 Å². The predicted molar refractivity (Wildman–Crippen MR) is 62.2 cm³/mol. The van der Waals surface area contributed by atoms with Crippen molar-refractivity contribution < 1.29 is 14.7 Å². The van der Waals surface area contributed by atoms with Crippen molar-refractivity contribution in [3.8, 4) is 0 Å². The molecule has 5 heteroatoms. The van der Waals surface area contributed by atoms with Crippen molar-refractivity contribution in [1.82, 2.24) is 0 Å². The molecule has 0 fully saturated rings. The number of carboxylic acid groups (broad SMARTS) is 1. The summed E-state index contributed by atoms with van der Waals surface area (Å²) in [6, 6.07) is 4.49. The highest BCUT2D eigenvalue weighted by atomic mass is 35.5. The van der Waals surface area contributed by atoms with E-state index in [1.807, 2.05) is 0 Å². The van der Waals surface area contributed by atoms with Crippen LogP contribution in [0.15, 0.2) is 18.2 Å². The van der Waals surface area contributed by atoms with Gasteiger partial charge in [-0.15, -0.1) is 0 Å². The summed E-state index contributed by atoms with van der Waals surface area (Å²) in [6.07, 6.45) is -0.0483. The van der Waals surface area contributed by atoms with Crippen molar-refractivity contribution in [1.29, 1.82) is 0 Å². The van der Waals surface area contributed by atoms with Gasteiger partial charge >= 0.3 is 5.97 Å². The van der Waals surface area contributed by atoms with Crippen LogP contribution in [0.5, 0.6) is 0 Å². The highest BCUT2D eigenvalue weighted by Gasteiger charge is 2.17. The van der Waals surface area contributed by atoms with E-state index in [0.29, 0.717) is 10.6 Å². The third kappa shape index (κ3) is 3.22. The van der Waals surface area contributed by atoms with Gasteiger partial charge in [0.2, 0.25) is 0 Å². The number of hydrogen-bond donors (Lipinski definition) is 1. The molecule has 0 aliphatic rings. The molecule has 0 amide bonds. The quantitative estimate of drug-likeness (QED) is 0.846. The lowest BCUT2D eigenvalue weighted by molar-refractivity contribution is -0.141. The molecule has 0 saturated carbocycles. The zero-order chi connectivity index (χ0) is 12.3. The Morgan fingerprint density at radius 2 is 1.94 bits per heavy atom. The Morgan fingerprint density at radius 1 is 1.31 bits per heavy atom. The molecule has 0 unspecified atom stereocenters. The summed E-state index contributed by atoms with van der Waals surface area (Å²) in [5.74, 6) is -1.95. The van der Waals surface area contributed by atoms with Crippen LogP contribution in [0.4, 0.5) is 0 Å². The maximum Gasteiger partial charge on any atom is 0.306 e. The van der Waals surface area contributed by atoms with Crippen LogP contribution in [-0.2, 0) is 4.79 Å². The molecule has 0 aliphatic heterocycles. The number of ketones is 1. The lowest BCUT2D eigenvalue weighted by Gasteiger charge is -2.05. The number of carbonyl (C=O) groups excluding carboxylic acids is 1. The Morgan fingerprint density at radius 3 is 2.44 bits per heavy atom. The molecule has 0 bridgehead atoms. The molecular weight excluding hydrogens is 251 g/mol. The first-order chi connectivity index (χ1) is 7.41. The summed E-state index contributed by atoms with van der Waals surface area (Å²) in [7, 11) is 0. The van der Waals surface area contributed by atoms with Crippen molar-refractivity contribution in [2.75, 3.05) is 0 Å². The van der Waals surface area contributed by atoms with Gasteiger partial charge in [-0.3, -0.25) is 9.59 Å². The number of rotatable bonds is 4. The van der Waals surface area contributed by atoms with Gasteiger partial charge in [-0.1, -0.05) is 30.1 Å². The van der Waals surface area contributed by atoms with Gasteiger partial charge in [0.1, 0.15) is 0 Å². The SMILES string of the molecule is C[C@H](CC(=O)c1ccc(Cl)c(Cl)c1)C(=O)O. The molecule has 0 saturated heterocycles. The van der Waals surface area contributed by atoms with Crippen molar-refractivity contribution in [3.63, 3.8) is 0 Å². The second-order valence-electron chi connectivity index (χ2n) is 3.50. The number of aliphatic carboxylic acids is 1. The fourth-order valence-electron chi connectivity index (χ4n) is 1.15. The Balaban J connectivity index is 2.81. The molecule has 1 atom stereocenters. The second kappa shape index (κ2) is 5.32. The van der Waals surface area contributed by atoms with Gasteiger partial charge in [-0.05, 0) is 18.2 Å². The summed E-state index contributed by atoms with van der Waals surface area (Å²) >= 11 is 11.5. The molecule has 1 rings (SSSR count). The van der Waals surface area contributed by atoms with Gasteiger partial charge in [0.15, 0.2) is 5.78 Å². The Hall–Kier alpha value is -1.06. The summed E-state index contributed by atoms with van der Waals surface area (Å²) in [5, 5.41) is 9.33. The Bertz CT molecular complexity index is 429. The van der Waals surface area contributed by atoms with Gasteiger partial charge in [0.05, 0.1) is 16.0 Å². The van der Waals surface area contributed by atoms with Crippen LogP contribution in [0.2, 0.25) is 10.0 Å². The van der Waals surface area contributed by atoms with Crippen molar-refractivity contribution in [3.05, 3.63) is 33.8 Å². The molecule has 0 heterocycles. The number of halogens is 2. The number of benzene rings is 1. The van der Waals surface area contributed by atoms with E-state index >= 15 is 0 Å². The van der Waals surface area contributed by atoms with E-state index in [0.717, 1.165) is 0 Å². The third-order valence-electron chi connectivity index (χ3n) is 2.15. The standard InChI is InChI=1S/C11H10Cl2O3/c1-6(11(15)16)4-10(14)7-2-3-8(12)9(13)5-7/h2-3,5-6H,4H2,1H3,(H,15,16)/t6-/m1/s1. The van der Waals surface area contributed by atoms with Crippen LogP contribution in [0.3, 0.4) is 0 Å². The molecule has 1 N–H and O–H groups in total. The van der Waals surface area contributed by atoms with E-state index in [4.69, 9.17) is 28.3 Å². The molecular formula is C11H10Cl2O3. The van der Waals surface area contributed by atoms with Crippen molar-refractivity contribution in [2.24, 2.45) is 5.92 Å². The third-order valence-corrected chi connectivity index (χ3v) is 2.89. The van der Waals surface area contributed by atoms with Crippen LogP contribution < -0.4 is 0 Å². The molecule has 1 aromatic carbocycles. The van der Waals surface area contributed by atoms with Crippen LogP contribution in [0.25, 0.3) is 0 Å². The molecule has 86 valence electrons. The number of Topliss-reactive ketones (excluding diaryl/α,β-unsaturated/α-hetero) is 1. The molecule has 0 aromatic heterocycles. The van der Waals surface area contributed by atoms with Gasteiger partial charge in [-0.2, -0.15) is 0 Å². The highest BCUT2D eigenvalue weighted by Crippen LogP contribution is 2.23. The van der Waals surface area contributed by atoms with Gasteiger partial charge in [0, 0.05) is 12.0 Å². The largest absolute Gasteiger partial charge is 0.481 e. The average molecular weight is 261 g/mol. The fraction of sp³-hybridized carbons (Fsp3) is 0.273. The second-order valence-corrected chi connectivity index (χ2v) is 4.31. The molecule has 0 spiro atoms. The lowest BCUT2D eigenvalue weighted by atomic mass is 10.00. The monoisotopic (exact) mass is 260 g/mol. The van der Waals surface area contributed by atoms with Gasteiger partial charge < -0.3 is 5.11 Å². The maximum atomic E-state index is 11.7. The zero-order valence-corrected chi connectivity index (χ0v) is 10.0. The highest BCUT2D eigenvalue weighted by molar-refractivity contribution is 6.42. The normalized spacial score (nSPS) is 12.2. The van der Waals surface area contributed by atoms with E-state index < -0.39 is 11.9 Å². The van der Waals surface area contributed by atoms with Crippen LogP contribution >= 0.6 is 23.2 Å². The lowest BCUT2D eigenvalue weighted by Crippen LogP contribution is -2.14. The molecule has 0 aliphatic carbocycles. The molecule has 16 heavy (non-hydrogen) atoms. The van der Waals surface area contributed by atoms with Crippen LogP contribution in [0.1, 0.15) is 23.7 Å². The van der Waals surface area contributed by atoms with E-state index in [2.05, 4.69) is 0 Å². The molecule has 0 radical (unpaired) electrons. The average Bonchev–Trinajstić information content (AvgIpc) is 2.21. The Kier molecular flexibility index (Phi) is 4.33. The Labute approximate surface area is 103 Å². The van der Waals surface area contributed by atoms with Crippen molar-refractivity contribution in [2.45, 2.75) is 13.3 Å². The first-order valence-corrected chi connectivity index (χ1v) is 5.38. The summed E-state index contributed by atoms with van der Waals surface area (Å²) in [6.45, 7) is 1.48. The van der Waals surface area contributed by atoms with E-state index in [-0.39, 0.29) is 17.2 Å². The minimum absolute atomic E-state index is 0.0483. The first-order valence-electron chi connectivity index (χ1n) is 4.63. The maximum absolute atomic E-state index is 11.7. The van der Waals surface area contributed by atoms with Crippen LogP contribution in [0, 0.1) is 5.92 Å². The zero-order valence-electron chi connectivity index (χ0n) is 8.54. The van der Waals surface area contributed by atoms with E-state index in [9.17, 15) is 9.59 Å². The molecule has 3 nitrogen and oxygen atoms in total. The first kappa shape index (κ1) is 13.0. The number of carboxylic acids is 1. The topological polar surface area (TPSA) is 54.4 Å². The summed E-state index contributed by atoms with van der Waals surface area (Å²) in [4.78, 5) is 22.2. The minimum Gasteiger partial charge on any atom is -0.481 e. The van der Waals surface area contributed by atoms with E-state index in [1.165, 1.54) is 25.1 Å².